The van der Waals surface area contributed by atoms with E-state index in [9.17, 15) is 4.79 Å². The van der Waals surface area contributed by atoms with Crippen LogP contribution < -0.4 is 5.73 Å². The number of methoxy groups -OCH3 is 1. The van der Waals surface area contributed by atoms with Crippen molar-refractivity contribution < 1.29 is 9.53 Å². The summed E-state index contributed by atoms with van der Waals surface area (Å²) in [5, 5.41) is 0.877. The molecule has 2 N–H and O–H groups in total. The highest BCUT2D eigenvalue weighted by Gasteiger charge is 2.12. The van der Waals surface area contributed by atoms with Gasteiger partial charge in [-0.05, 0) is 12.5 Å². The van der Waals surface area contributed by atoms with Crippen LogP contribution in [0.2, 0.25) is 0 Å². The molecule has 0 aliphatic rings. The molecular weight excluding hydrogens is 214 g/mol. The van der Waals surface area contributed by atoms with Gasteiger partial charge in [-0.1, -0.05) is 0 Å². The molecule has 1 unspecified atom stereocenters. The number of nitrogens with zero attached hydrogens (tertiary/aromatic N) is 2. The zero-order valence-electron chi connectivity index (χ0n) is 8.42. The Morgan fingerprint density at radius 2 is 2.53 bits per heavy atom. The summed E-state index contributed by atoms with van der Waals surface area (Å²) in [6.45, 7) is 0. The van der Waals surface area contributed by atoms with E-state index >= 15 is 0 Å². The molecule has 0 fully saturated rings. The molecule has 1 rings (SSSR count). The molecule has 0 aliphatic carbocycles. The highest BCUT2D eigenvalue weighted by molar-refractivity contribution is 7.99. The number of rotatable bonds is 5. The number of esters is 1. The number of ether oxygens (including phenoxy) is 1. The van der Waals surface area contributed by atoms with Crippen LogP contribution in [0.1, 0.15) is 6.42 Å². The van der Waals surface area contributed by atoms with Crippen molar-refractivity contribution >= 4 is 17.7 Å². The van der Waals surface area contributed by atoms with Gasteiger partial charge in [0.15, 0.2) is 0 Å². The predicted octanol–water partition coefficient (Wildman–Crippen LogP) is 0.459. The van der Waals surface area contributed by atoms with E-state index < -0.39 is 6.04 Å². The van der Waals surface area contributed by atoms with Crippen LogP contribution in [0.15, 0.2) is 23.6 Å². The van der Waals surface area contributed by atoms with Crippen molar-refractivity contribution in [1.82, 2.24) is 9.97 Å². The largest absolute Gasteiger partial charge is 0.468 e. The van der Waals surface area contributed by atoms with Crippen molar-refractivity contribution in [2.75, 3.05) is 12.9 Å². The van der Waals surface area contributed by atoms with Crippen LogP contribution in [0.5, 0.6) is 0 Å². The summed E-state index contributed by atoms with van der Waals surface area (Å²) in [7, 11) is 1.33. The van der Waals surface area contributed by atoms with Gasteiger partial charge in [-0.15, -0.1) is 11.8 Å². The van der Waals surface area contributed by atoms with E-state index in [0.29, 0.717) is 6.42 Å². The molecule has 0 aromatic carbocycles. The van der Waals surface area contributed by atoms with Gasteiger partial charge >= 0.3 is 5.97 Å². The van der Waals surface area contributed by atoms with Gasteiger partial charge in [0.2, 0.25) is 0 Å². The average Bonchev–Trinajstić information content (AvgIpc) is 2.29. The number of carbonyl (C=O) groups is 1. The third kappa shape index (κ3) is 4.26. The Hall–Kier alpha value is -1.14. The predicted molar refractivity (Wildman–Crippen MR) is 57.4 cm³/mol. The maximum Gasteiger partial charge on any atom is 0.322 e. The Kier molecular flexibility index (Phi) is 5.06. The summed E-state index contributed by atoms with van der Waals surface area (Å²) in [6.07, 6.45) is 3.74. The van der Waals surface area contributed by atoms with Crippen LogP contribution in [0.25, 0.3) is 0 Å². The van der Waals surface area contributed by atoms with E-state index in [4.69, 9.17) is 5.73 Å². The van der Waals surface area contributed by atoms with Crippen molar-refractivity contribution in [2.45, 2.75) is 17.5 Å². The summed E-state index contributed by atoms with van der Waals surface area (Å²) in [4.78, 5) is 18.8. The molecule has 0 bridgehead atoms. The molecule has 0 aliphatic heterocycles. The first kappa shape index (κ1) is 11.9. The van der Waals surface area contributed by atoms with E-state index in [1.165, 1.54) is 25.2 Å². The maximum absolute atomic E-state index is 11.0. The van der Waals surface area contributed by atoms with Gasteiger partial charge in [-0.25, -0.2) is 9.97 Å². The molecule has 1 heterocycles. The molecule has 0 saturated heterocycles. The number of aromatic nitrogens is 2. The second kappa shape index (κ2) is 6.36. The minimum absolute atomic E-state index is 0.377. The Bertz CT molecular complexity index is 307. The lowest BCUT2D eigenvalue weighted by Crippen LogP contribution is -2.31. The fraction of sp³-hybridized carbons (Fsp3) is 0.444. The van der Waals surface area contributed by atoms with Crippen molar-refractivity contribution in [3.05, 3.63) is 18.6 Å². The molecule has 0 amide bonds. The van der Waals surface area contributed by atoms with Gasteiger partial charge < -0.3 is 10.5 Å². The number of nitrogens with two attached hydrogens (primary N) is 1. The summed E-state index contributed by atoms with van der Waals surface area (Å²) < 4.78 is 4.52. The van der Waals surface area contributed by atoms with Crippen LogP contribution >= 0.6 is 11.8 Å². The molecule has 15 heavy (non-hydrogen) atoms. The summed E-state index contributed by atoms with van der Waals surface area (Å²) in [5.41, 5.74) is 5.57. The van der Waals surface area contributed by atoms with E-state index in [-0.39, 0.29) is 5.97 Å². The summed E-state index contributed by atoms with van der Waals surface area (Å²) in [6, 6.07) is 1.26. The third-order valence-corrected chi connectivity index (χ3v) is 2.71. The minimum Gasteiger partial charge on any atom is -0.468 e. The SMILES string of the molecule is COC(=O)C(N)CCSc1ccncn1. The highest BCUT2D eigenvalue weighted by Crippen LogP contribution is 2.14. The van der Waals surface area contributed by atoms with E-state index in [0.717, 1.165) is 10.8 Å². The first-order valence-electron chi connectivity index (χ1n) is 4.46. The van der Waals surface area contributed by atoms with Crippen LogP contribution in [0.4, 0.5) is 0 Å². The lowest BCUT2D eigenvalue weighted by Gasteiger charge is -2.07. The first-order chi connectivity index (χ1) is 7.24. The standard InChI is InChI=1S/C9H13N3O2S/c1-14-9(13)7(10)3-5-15-8-2-4-11-6-12-8/h2,4,6-7H,3,5,10H2,1H3. The highest BCUT2D eigenvalue weighted by atomic mass is 32.2. The summed E-state index contributed by atoms with van der Waals surface area (Å²) >= 11 is 1.54. The number of hydrogen-bond acceptors (Lipinski definition) is 6. The monoisotopic (exact) mass is 227 g/mol. The average molecular weight is 227 g/mol. The molecule has 0 saturated carbocycles. The molecule has 0 spiro atoms. The van der Waals surface area contributed by atoms with Gasteiger partial charge in [-0.2, -0.15) is 0 Å². The second-order valence-corrected chi connectivity index (χ2v) is 3.93. The van der Waals surface area contributed by atoms with Gasteiger partial charge in [-0.3, -0.25) is 4.79 Å². The number of carbonyl (C=O) groups excluding carboxylic acids is 1. The van der Waals surface area contributed by atoms with Crippen LogP contribution in [-0.2, 0) is 9.53 Å². The molecule has 82 valence electrons. The van der Waals surface area contributed by atoms with Gasteiger partial charge in [0.05, 0.1) is 12.1 Å². The fourth-order valence-electron chi connectivity index (χ4n) is 0.924. The molecule has 1 aromatic rings. The van der Waals surface area contributed by atoms with E-state index in [1.807, 2.05) is 6.07 Å². The van der Waals surface area contributed by atoms with Gasteiger partial charge in [0.1, 0.15) is 12.4 Å². The molecule has 0 radical (unpaired) electrons. The molecule has 1 atom stereocenters. The third-order valence-electron chi connectivity index (χ3n) is 1.74. The molecule has 5 nitrogen and oxygen atoms in total. The van der Waals surface area contributed by atoms with Gasteiger partial charge in [0.25, 0.3) is 0 Å². The van der Waals surface area contributed by atoms with E-state index in [1.54, 1.807) is 6.20 Å². The quantitative estimate of drug-likeness (QED) is 0.447. The molecular formula is C9H13N3O2S. The molecule has 6 heteroatoms. The normalized spacial score (nSPS) is 12.1. The zero-order valence-corrected chi connectivity index (χ0v) is 9.24. The Morgan fingerprint density at radius 3 is 3.13 bits per heavy atom. The lowest BCUT2D eigenvalue weighted by molar-refractivity contribution is -0.142. The van der Waals surface area contributed by atoms with Crippen molar-refractivity contribution in [1.29, 1.82) is 0 Å². The van der Waals surface area contributed by atoms with Crippen LogP contribution in [0, 0.1) is 0 Å². The van der Waals surface area contributed by atoms with Crippen LogP contribution in [0.3, 0.4) is 0 Å². The Morgan fingerprint density at radius 1 is 1.73 bits per heavy atom. The smallest absolute Gasteiger partial charge is 0.322 e. The fourth-order valence-corrected chi connectivity index (χ4v) is 1.78. The first-order valence-corrected chi connectivity index (χ1v) is 5.45. The van der Waals surface area contributed by atoms with E-state index in [2.05, 4.69) is 14.7 Å². The van der Waals surface area contributed by atoms with Crippen molar-refractivity contribution in [3.63, 3.8) is 0 Å². The second-order valence-electron chi connectivity index (χ2n) is 2.81. The number of thioether (sulfide) groups is 1. The maximum atomic E-state index is 11.0. The van der Waals surface area contributed by atoms with Crippen molar-refractivity contribution in [2.24, 2.45) is 5.73 Å². The Balaban J connectivity index is 2.25. The lowest BCUT2D eigenvalue weighted by atomic mass is 10.2. The van der Waals surface area contributed by atoms with Crippen LogP contribution in [-0.4, -0.2) is 34.8 Å². The van der Waals surface area contributed by atoms with Crippen molar-refractivity contribution in [3.8, 4) is 0 Å². The van der Waals surface area contributed by atoms with Gasteiger partial charge in [0, 0.05) is 11.9 Å². The zero-order chi connectivity index (χ0) is 11.1. The molecule has 1 aromatic heterocycles. The topological polar surface area (TPSA) is 78.1 Å². The number of hydrogen-bond donors (Lipinski definition) is 1. The minimum atomic E-state index is -0.552. The Labute approximate surface area is 92.4 Å². The summed E-state index contributed by atoms with van der Waals surface area (Å²) in [5.74, 6) is 0.353.